The highest BCUT2D eigenvalue weighted by Gasteiger charge is 2.44. The van der Waals surface area contributed by atoms with E-state index in [1.54, 1.807) is 12.1 Å². The Kier molecular flexibility index (Phi) is 6.83. The number of fused-ring (bicyclic) bond motifs is 3. The maximum atomic E-state index is 14.0. The van der Waals surface area contributed by atoms with Crippen molar-refractivity contribution in [2.75, 3.05) is 26.2 Å². The highest BCUT2D eigenvalue weighted by Crippen LogP contribution is 2.41. The number of benzene rings is 2. The van der Waals surface area contributed by atoms with Crippen molar-refractivity contribution in [3.8, 4) is 0 Å². The summed E-state index contributed by atoms with van der Waals surface area (Å²) in [6.07, 6.45) is 0.678. The summed E-state index contributed by atoms with van der Waals surface area (Å²) in [5, 5.41) is 11.0. The normalized spacial score (nSPS) is 16.2. The van der Waals surface area contributed by atoms with Gasteiger partial charge in [0.1, 0.15) is 5.82 Å². The van der Waals surface area contributed by atoms with Crippen LogP contribution in [0.2, 0.25) is 0 Å². The van der Waals surface area contributed by atoms with Crippen molar-refractivity contribution in [2.24, 2.45) is 0 Å². The van der Waals surface area contributed by atoms with E-state index in [-0.39, 0.29) is 5.57 Å². The van der Waals surface area contributed by atoms with E-state index >= 15 is 0 Å². The van der Waals surface area contributed by atoms with E-state index in [0.29, 0.717) is 34.1 Å². The van der Waals surface area contributed by atoms with E-state index in [1.807, 2.05) is 35.6 Å². The summed E-state index contributed by atoms with van der Waals surface area (Å²) in [6, 6.07) is 12.6. The maximum absolute atomic E-state index is 14.0. The number of carbonyl (C=O) groups is 2. The Bertz CT molecular complexity index is 1520. The SMILES string of the molecule is CCN(CC)CCCN1C(=O)C(O)=C(C(=O)c2sc3nc4ccccc4n3c2C)C1c1ccc(F)cc1. The third kappa shape index (κ3) is 4.32. The predicted molar refractivity (Wildman–Crippen MR) is 143 cm³/mol. The first kappa shape index (κ1) is 25.1. The van der Waals surface area contributed by atoms with Gasteiger partial charge >= 0.3 is 0 Å². The monoisotopic (exact) mass is 520 g/mol. The number of amides is 1. The van der Waals surface area contributed by atoms with E-state index in [2.05, 4.69) is 23.7 Å². The van der Waals surface area contributed by atoms with Crippen molar-refractivity contribution >= 4 is 39.0 Å². The van der Waals surface area contributed by atoms with Gasteiger partial charge in [-0.25, -0.2) is 9.37 Å². The van der Waals surface area contributed by atoms with E-state index in [0.717, 1.165) is 30.7 Å². The topological polar surface area (TPSA) is 78.2 Å². The number of rotatable bonds is 9. The first-order valence-corrected chi connectivity index (χ1v) is 13.3. The number of carbonyl (C=O) groups excluding carboxylic acids is 2. The van der Waals surface area contributed by atoms with Gasteiger partial charge < -0.3 is 14.9 Å². The van der Waals surface area contributed by atoms with E-state index < -0.39 is 29.3 Å². The first-order valence-electron chi connectivity index (χ1n) is 12.5. The van der Waals surface area contributed by atoms with Crippen LogP contribution in [0, 0.1) is 12.7 Å². The lowest BCUT2D eigenvalue weighted by Gasteiger charge is -2.28. The summed E-state index contributed by atoms with van der Waals surface area (Å²) in [7, 11) is 0. The Morgan fingerprint density at radius 1 is 1.14 bits per heavy atom. The number of aliphatic hydroxyl groups is 1. The number of Topliss-reactive ketones (excluding diaryl/α,β-unsaturated/α-hetero) is 1. The van der Waals surface area contributed by atoms with Crippen LogP contribution in [0.1, 0.15) is 47.2 Å². The van der Waals surface area contributed by atoms with Gasteiger partial charge in [0.15, 0.2) is 10.7 Å². The largest absolute Gasteiger partial charge is 0.503 e. The molecule has 1 aliphatic rings. The zero-order valence-electron chi connectivity index (χ0n) is 21.1. The number of imidazole rings is 1. The molecule has 1 unspecified atom stereocenters. The van der Waals surface area contributed by atoms with Crippen LogP contribution in [0.3, 0.4) is 0 Å². The number of aliphatic hydroxyl groups excluding tert-OH is 1. The van der Waals surface area contributed by atoms with Crippen molar-refractivity contribution < 1.29 is 19.1 Å². The summed E-state index contributed by atoms with van der Waals surface area (Å²) in [5.41, 5.74) is 3.02. The number of hydrogen-bond acceptors (Lipinski definition) is 6. The zero-order chi connectivity index (χ0) is 26.3. The van der Waals surface area contributed by atoms with E-state index in [4.69, 9.17) is 0 Å². The molecule has 2 aromatic heterocycles. The molecule has 9 heteroatoms. The fourth-order valence-corrected chi connectivity index (χ4v) is 6.20. The molecule has 37 heavy (non-hydrogen) atoms. The number of para-hydroxylation sites is 2. The lowest BCUT2D eigenvalue weighted by Crippen LogP contribution is -2.34. The van der Waals surface area contributed by atoms with Crippen LogP contribution < -0.4 is 0 Å². The van der Waals surface area contributed by atoms with Crippen molar-refractivity contribution in [2.45, 2.75) is 33.2 Å². The average Bonchev–Trinajstić information content (AvgIpc) is 3.51. The third-order valence-electron chi connectivity index (χ3n) is 7.10. The molecule has 0 bridgehead atoms. The van der Waals surface area contributed by atoms with Gasteiger partial charge in [0, 0.05) is 12.2 Å². The molecular weight excluding hydrogens is 491 g/mol. The number of ketones is 1. The predicted octanol–water partition coefficient (Wildman–Crippen LogP) is 5.31. The maximum Gasteiger partial charge on any atom is 0.290 e. The standard InChI is InChI=1S/C28H29FN4O3S/c1-4-31(5-2)15-8-16-32-23(18-11-13-19(29)14-12-18)22(25(35)27(32)36)24(34)26-17(3)33-21-10-7-6-9-20(21)30-28(33)37-26/h6-7,9-14,23,35H,4-5,8,15-16H2,1-3H3. The van der Waals surface area contributed by atoms with Crippen LogP contribution >= 0.6 is 11.3 Å². The van der Waals surface area contributed by atoms with Crippen molar-refractivity contribution in [1.82, 2.24) is 19.2 Å². The summed E-state index contributed by atoms with van der Waals surface area (Å²) in [5.74, 6) is -1.95. The minimum atomic E-state index is -0.803. The number of nitrogens with zero attached hydrogens (tertiary/aromatic N) is 4. The molecule has 0 saturated heterocycles. The zero-order valence-corrected chi connectivity index (χ0v) is 21.9. The molecule has 1 N–H and O–H groups in total. The molecule has 5 rings (SSSR count). The molecule has 3 heterocycles. The van der Waals surface area contributed by atoms with Gasteiger partial charge in [0.2, 0.25) is 5.78 Å². The Morgan fingerprint density at radius 3 is 2.54 bits per heavy atom. The van der Waals surface area contributed by atoms with Gasteiger partial charge in [0.25, 0.3) is 5.91 Å². The lowest BCUT2D eigenvalue weighted by atomic mass is 9.95. The molecule has 1 atom stereocenters. The van der Waals surface area contributed by atoms with Crippen LogP contribution in [0.4, 0.5) is 4.39 Å². The fraction of sp³-hybridized carbons (Fsp3) is 0.321. The van der Waals surface area contributed by atoms with E-state index in [1.165, 1.54) is 28.4 Å². The van der Waals surface area contributed by atoms with Gasteiger partial charge in [-0.2, -0.15) is 0 Å². The quantitative estimate of drug-likeness (QED) is 0.303. The molecule has 192 valence electrons. The summed E-state index contributed by atoms with van der Waals surface area (Å²) < 4.78 is 15.7. The molecule has 0 radical (unpaired) electrons. The number of aryl methyl sites for hydroxylation is 1. The number of hydrogen-bond donors (Lipinski definition) is 1. The molecule has 4 aromatic rings. The van der Waals surface area contributed by atoms with Crippen LogP contribution in [0.5, 0.6) is 0 Å². The number of aromatic nitrogens is 2. The summed E-state index contributed by atoms with van der Waals surface area (Å²) >= 11 is 1.24. The van der Waals surface area contributed by atoms with Crippen molar-refractivity contribution in [1.29, 1.82) is 0 Å². The molecule has 7 nitrogen and oxygen atoms in total. The second-order valence-electron chi connectivity index (χ2n) is 9.16. The highest BCUT2D eigenvalue weighted by atomic mass is 32.1. The first-order chi connectivity index (χ1) is 17.8. The minimum absolute atomic E-state index is 0.0244. The van der Waals surface area contributed by atoms with E-state index in [9.17, 15) is 19.1 Å². The average molecular weight is 521 g/mol. The van der Waals surface area contributed by atoms with Crippen LogP contribution in [0.15, 0.2) is 59.9 Å². The minimum Gasteiger partial charge on any atom is -0.503 e. The Hall–Kier alpha value is -3.56. The van der Waals surface area contributed by atoms with Gasteiger partial charge in [-0.3, -0.25) is 14.0 Å². The molecule has 0 spiro atoms. The molecule has 1 amide bonds. The Balaban J connectivity index is 1.54. The molecule has 0 fully saturated rings. The molecule has 1 aliphatic heterocycles. The van der Waals surface area contributed by atoms with Gasteiger partial charge in [0.05, 0.1) is 27.5 Å². The lowest BCUT2D eigenvalue weighted by molar-refractivity contribution is -0.129. The van der Waals surface area contributed by atoms with Crippen molar-refractivity contribution in [3.05, 3.63) is 81.8 Å². The Morgan fingerprint density at radius 2 is 1.84 bits per heavy atom. The highest BCUT2D eigenvalue weighted by molar-refractivity contribution is 7.19. The van der Waals surface area contributed by atoms with Gasteiger partial charge in [-0.05, 0) is 62.8 Å². The third-order valence-corrected chi connectivity index (χ3v) is 8.24. The van der Waals surface area contributed by atoms with Crippen LogP contribution in [0.25, 0.3) is 16.0 Å². The van der Waals surface area contributed by atoms with Crippen LogP contribution in [-0.4, -0.2) is 62.2 Å². The summed E-state index contributed by atoms with van der Waals surface area (Å²) in [4.78, 5) is 36.8. The second kappa shape index (κ2) is 10.1. The molecule has 0 aliphatic carbocycles. The number of halogens is 1. The number of thiazole rings is 1. The summed E-state index contributed by atoms with van der Waals surface area (Å²) in [6.45, 7) is 8.94. The second-order valence-corrected chi connectivity index (χ2v) is 10.1. The van der Waals surface area contributed by atoms with Crippen LogP contribution in [-0.2, 0) is 4.79 Å². The molecule has 2 aromatic carbocycles. The van der Waals surface area contributed by atoms with Gasteiger partial charge in [-0.1, -0.05) is 49.4 Å². The smallest absolute Gasteiger partial charge is 0.290 e. The van der Waals surface area contributed by atoms with Crippen molar-refractivity contribution in [3.63, 3.8) is 0 Å². The molecular formula is C28H29FN4O3S. The van der Waals surface area contributed by atoms with Gasteiger partial charge in [-0.15, -0.1) is 0 Å². The fourth-order valence-electron chi connectivity index (χ4n) is 5.11. The Labute approximate surface area is 218 Å². The molecule has 0 saturated carbocycles.